The molecule has 0 spiro atoms. The van der Waals surface area contributed by atoms with Gasteiger partial charge >= 0.3 is 0 Å². The van der Waals surface area contributed by atoms with E-state index in [-0.39, 0.29) is 0 Å². The van der Waals surface area contributed by atoms with Crippen LogP contribution in [0, 0.1) is 0 Å². The number of hydrogen-bond donors (Lipinski definition) is 1. The van der Waals surface area contributed by atoms with Gasteiger partial charge in [-0.25, -0.2) is 0 Å². The molecule has 0 aromatic heterocycles. The van der Waals surface area contributed by atoms with E-state index in [1.807, 2.05) is 0 Å². The fourth-order valence-electron chi connectivity index (χ4n) is 1.56. The molecule has 1 atom stereocenters. The maximum Gasteiger partial charge on any atom is 0.0224 e. The third-order valence-corrected chi connectivity index (χ3v) is 2.68. The van der Waals surface area contributed by atoms with Crippen molar-refractivity contribution < 1.29 is 0 Å². The Morgan fingerprint density at radius 1 is 1.19 bits per heavy atom. The van der Waals surface area contributed by atoms with Gasteiger partial charge in [0.15, 0.2) is 0 Å². The maximum absolute atomic E-state index is 3.44. The summed E-state index contributed by atoms with van der Waals surface area (Å²) in [5.41, 5.74) is 2.68. The topological polar surface area (TPSA) is 12.0 Å². The van der Waals surface area contributed by atoms with Crippen LogP contribution in [-0.4, -0.2) is 12.6 Å². The van der Waals surface area contributed by atoms with Crippen LogP contribution < -0.4 is 5.32 Å². The average Bonchev–Trinajstić information content (AvgIpc) is 2.34. The number of benzene rings is 1. The van der Waals surface area contributed by atoms with E-state index < -0.39 is 0 Å². The second-order valence-corrected chi connectivity index (χ2v) is 4.20. The minimum atomic E-state index is 0.450. The number of rotatable bonds is 6. The zero-order valence-electron chi connectivity index (χ0n) is 10.7. The van der Waals surface area contributed by atoms with E-state index in [9.17, 15) is 0 Å². The zero-order valence-corrected chi connectivity index (χ0v) is 10.7. The van der Waals surface area contributed by atoms with Crippen molar-refractivity contribution in [1.29, 1.82) is 0 Å². The van der Waals surface area contributed by atoms with Gasteiger partial charge in [0.1, 0.15) is 0 Å². The Bertz CT molecular complexity index is 311. The number of aryl methyl sites for hydroxylation is 1. The van der Waals surface area contributed by atoms with Gasteiger partial charge in [-0.2, -0.15) is 0 Å². The van der Waals surface area contributed by atoms with E-state index in [0.717, 1.165) is 13.0 Å². The third-order valence-electron chi connectivity index (χ3n) is 2.68. The van der Waals surface area contributed by atoms with Crippen LogP contribution in [0.3, 0.4) is 0 Å². The molecule has 0 heterocycles. The Morgan fingerprint density at radius 2 is 1.88 bits per heavy atom. The van der Waals surface area contributed by atoms with E-state index >= 15 is 0 Å². The minimum absolute atomic E-state index is 0.450. The Balaban J connectivity index is 2.48. The average molecular weight is 217 g/mol. The van der Waals surface area contributed by atoms with Crippen LogP contribution in [0.1, 0.15) is 38.3 Å². The van der Waals surface area contributed by atoms with Crippen LogP contribution in [0.2, 0.25) is 0 Å². The fourth-order valence-corrected chi connectivity index (χ4v) is 1.56. The molecule has 1 N–H and O–H groups in total. The van der Waals surface area contributed by atoms with Gasteiger partial charge in [0.2, 0.25) is 0 Å². The minimum Gasteiger partial charge on any atom is -0.311 e. The first-order valence-corrected chi connectivity index (χ1v) is 6.26. The Kier molecular flexibility index (Phi) is 5.87. The van der Waals surface area contributed by atoms with Crippen LogP contribution in [0.15, 0.2) is 30.3 Å². The highest BCUT2D eigenvalue weighted by atomic mass is 14.9. The quantitative estimate of drug-likeness (QED) is 0.767. The molecule has 1 aromatic carbocycles. The first kappa shape index (κ1) is 13.0. The first-order chi connectivity index (χ1) is 7.76. The third kappa shape index (κ3) is 4.63. The highest BCUT2D eigenvalue weighted by molar-refractivity contribution is 5.50. The van der Waals surface area contributed by atoms with E-state index in [0.29, 0.717) is 6.04 Å². The summed E-state index contributed by atoms with van der Waals surface area (Å²) < 4.78 is 0. The van der Waals surface area contributed by atoms with Crippen LogP contribution in [0.25, 0.3) is 6.08 Å². The van der Waals surface area contributed by atoms with Gasteiger partial charge in [0.25, 0.3) is 0 Å². The summed E-state index contributed by atoms with van der Waals surface area (Å²) in [6.07, 6.45) is 6.70. The van der Waals surface area contributed by atoms with Gasteiger partial charge < -0.3 is 5.32 Å². The molecule has 1 heteroatoms. The van der Waals surface area contributed by atoms with Gasteiger partial charge in [-0.3, -0.25) is 0 Å². The predicted molar refractivity (Wildman–Crippen MR) is 72.6 cm³/mol. The summed E-state index contributed by atoms with van der Waals surface area (Å²) in [6, 6.07) is 9.21. The van der Waals surface area contributed by atoms with Crippen molar-refractivity contribution in [2.45, 2.75) is 39.7 Å². The molecule has 0 radical (unpaired) electrons. The van der Waals surface area contributed by atoms with Crippen LogP contribution >= 0.6 is 0 Å². The van der Waals surface area contributed by atoms with Gasteiger partial charge in [0, 0.05) is 6.04 Å². The molecule has 0 bridgehead atoms. The summed E-state index contributed by atoms with van der Waals surface area (Å²) in [7, 11) is 0. The van der Waals surface area contributed by atoms with Crippen molar-refractivity contribution >= 4 is 6.08 Å². The molecule has 0 fully saturated rings. The van der Waals surface area contributed by atoms with Gasteiger partial charge in [-0.1, -0.05) is 50.3 Å². The summed E-state index contributed by atoms with van der Waals surface area (Å²) in [5, 5.41) is 3.44. The molecule has 0 aliphatic carbocycles. The van der Waals surface area contributed by atoms with E-state index in [1.165, 1.54) is 17.5 Å². The maximum atomic E-state index is 3.44. The smallest absolute Gasteiger partial charge is 0.0224 e. The number of nitrogens with one attached hydrogen (secondary N) is 1. The van der Waals surface area contributed by atoms with Crippen molar-refractivity contribution in [2.24, 2.45) is 0 Å². The van der Waals surface area contributed by atoms with Crippen molar-refractivity contribution in [3.8, 4) is 0 Å². The van der Waals surface area contributed by atoms with Gasteiger partial charge in [-0.05, 0) is 37.4 Å². The molecule has 0 aliphatic heterocycles. The molecular weight excluding hydrogens is 194 g/mol. The lowest BCUT2D eigenvalue weighted by molar-refractivity contribution is 0.625. The molecule has 0 saturated heterocycles. The van der Waals surface area contributed by atoms with Crippen LogP contribution in [0.5, 0.6) is 0 Å². The lowest BCUT2D eigenvalue weighted by atomic mass is 10.1. The normalized spacial score (nSPS) is 13.2. The van der Waals surface area contributed by atoms with Gasteiger partial charge in [-0.15, -0.1) is 0 Å². The Labute approximate surface area is 99.6 Å². The second kappa shape index (κ2) is 7.24. The van der Waals surface area contributed by atoms with Gasteiger partial charge in [0.05, 0.1) is 0 Å². The first-order valence-electron chi connectivity index (χ1n) is 6.26. The highest BCUT2D eigenvalue weighted by Gasteiger charge is 1.94. The summed E-state index contributed by atoms with van der Waals surface area (Å²) in [5.74, 6) is 0. The largest absolute Gasteiger partial charge is 0.311 e. The molecule has 1 aromatic rings. The molecule has 0 amide bonds. The monoisotopic (exact) mass is 217 g/mol. The lowest BCUT2D eigenvalue weighted by Gasteiger charge is -2.07. The fraction of sp³-hybridized carbons (Fsp3) is 0.467. The van der Waals surface area contributed by atoms with E-state index in [4.69, 9.17) is 0 Å². The molecule has 0 saturated carbocycles. The summed E-state index contributed by atoms with van der Waals surface area (Å²) in [6.45, 7) is 7.64. The van der Waals surface area contributed by atoms with Crippen LogP contribution in [-0.2, 0) is 6.42 Å². The van der Waals surface area contributed by atoms with Crippen LogP contribution in [0.4, 0.5) is 0 Å². The van der Waals surface area contributed by atoms with Crippen molar-refractivity contribution in [1.82, 2.24) is 5.32 Å². The molecule has 0 aliphatic rings. The molecular formula is C15H23N. The zero-order chi connectivity index (χ0) is 11.8. The van der Waals surface area contributed by atoms with E-state index in [2.05, 4.69) is 62.5 Å². The Morgan fingerprint density at radius 3 is 2.44 bits per heavy atom. The molecule has 1 unspecified atom stereocenters. The second-order valence-electron chi connectivity index (χ2n) is 4.20. The van der Waals surface area contributed by atoms with Crippen molar-refractivity contribution in [3.63, 3.8) is 0 Å². The van der Waals surface area contributed by atoms with Crippen molar-refractivity contribution in [3.05, 3.63) is 41.5 Å². The summed E-state index contributed by atoms with van der Waals surface area (Å²) in [4.78, 5) is 0. The molecule has 88 valence electrons. The Hall–Kier alpha value is -1.08. The SMILES string of the molecule is CCCNC(C)/C=C/c1ccc(CC)cc1. The molecule has 16 heavy (non-hydrogen) atoms. The standard InChI is InChI=1S/C15H23N/c1-4-12-16-13(3)6-7-15-10-8-14(5-2)9-11-15/h6-11,13,16H,4-5,12H2,1-3H3/b7-6+. The summed E-state index contributed by atoms with van der Waals surface area (Å²) >= 11 is 0. The van der Waals surface area contributed by atoms with E-state index in [1.54, 1.807) is 0 Å². The predicted octanol–water partition coefficient (Wildman–Crippen LogP) is 3.65. The molecule has 1 nitrogen and oxygen atoms in total. The number of hydrogen-bond acceptors (Lipinski definition) is 1. The molecule has 1 rings (SSSR count). The van der Waals surface area contributed by atoms with Crippen molar-refractivity contribution in [2.75, 3.05) is 6.54 Å². The highest BCUT2D eigenvalue weighted by Crippen LogP contribution is 2.07. The lowest BCUT2D eigenvalue weighted by Crippen LogP contribution is -2.24.